The molecule has 16 heavy (non-hydrogen) atoms. The van der Waals surface area contributed by atoms with Crippen LogP contribution in [-0.4, -0.2) is 28.5 Å². The Hall–Kier alpha value is -1.56. The third-order valence-corrected chi connectivity index (χ3v) is 2.00. The maximum absolute atomic E-state index is 11.3. The Bertz CT molecular complexity index is 382. The topological polar surface area (TPSA) is 92.9 Å². The largest absolute Gasteiger partial charge is 0.393 e. The molecule has 0 bridgehead atoms. The van der Waals surface area contributed by atoms with Crippen LogP contribution >= 0.6 is 11.6 Å². The number of anilines is 2. The number of aromatic nitrogens is 2. The van der Waals surface area contributed by atoms with Crippen molar-refractivity contribution in [1.82, 2.24) is 15.3 Å². The average molecular weight is 244 g/mol. The number of rotatable bonds is 4. The first-order valence-electron chi connectivity index (χ1n) is 4.80. The van der Waals surface area contributed by atoms with Gasteiger partial charge in [-0.3, -0.25) is 4.79 Å². The zero-order valence-corrected chi connectivity index (χ0v) is 9.88. The molecule has 0 saturated heterocycles. The quantitative estimate of drug-likeness (QED) is 0.675. The Labute approximate surface area is 98.6 Å². The summed E-state index contributed by atoms with van der Waals surface area (Å²) >= 11 is 5.70. The van der Waals surface area contributed by atoms with E-state index in [1.807, 2.05) is 13.8 Å². The zero-order valence-electron chi connectivity index (χ0n) is 9.12. The number of carbonyl (C=O) groups excluding carboxylic acids is 1. The van der Waals surface area contributed by atoms with Gasteiger partial charge in [0.25, 0.3) is 0 Å². The molecule has 0 aliphatic heterocycles. The molecule has 1 aromatic rings. The molecule has 0 spiro atoms. The van der Waals surface area contributed by atoms with E-state index in [4.69, 9.17) is 17.3 Å². The molecule has 0 unspecified atom stereocenters. The van der Waals surface area contributed by atoms with Crippen molar-refractivity contribution in [3.8, 4) is 0 Å². The Kier molecular flexibility index (Phi) is 4.30. The van der Waals surface area contributed by atoms with Gasteiger partial charge in [0.2, 0.25) is 5.91 Å². The van der Waals surface area contributed by atoms with Crippen LogP contribution in [0.1, 0.15) is 13.8 Å². The lowest BCUT2D eigenvalue weighted by molar-refractivity contribution is -0.119. The molecule has 0 radical (unpaired) electrons. The van der Waals surface area contributed by atoms with Gasteiger partial charge in [0.15, 0.2) is 11.0 Å². The molecule has 1 rings (SSSR count). The summed E-state index contributed by atoms with van der Waals surface area (Å²) in [6, 6.07) is 0.0978. The number of nitrogens with two attached hydrogens (primary N) is 1. The van der Waals surface area contributed by atoms with Gasteiger partial charge in [0, 0.05) is 6.04 Å². The van der Waals surface area contributed by atoms with Crippen LogP contribution in [0, 0.1) is 0 Å². The lowest BCUT2D eigenvalue weighted by Crippen LogP contribution is -2.35. The zero-order chi connectivity index (χ0) is 12.1. The Morgan fingerprint density at radius 2 is 2.25 bits per heavy atom. The van der Waals surface area contributed by atoms with Crippen molar-refractivity contribution in [2.24, 2.45) is 0 Å². The highest BCUT2D eigenvalue weighted by molar-refractivity contribution is 6.32. The van der Waals surface area contributed by atoms with Gasteiger partial charge in [-0.05, 0) is 13.8 Å². The second kappa shape index (κ2) is 5.50. The van der Waals surface area contributed by atoms with Crippen LogP contribution < -0.4 is 16.4 Å². The van der Waals surface area contributed by atoms with Crippen LogP contribution in [0.25, 0.3) is 0 Å². The van der Waals surface area contributed by atoms with E-state index < -0.39 is 0 Å². The van der Waals surface area contributed by atoms with Gasteiger partial charge in [-0.1, -0.05) is 11.6 Å². The number of amides is 1. The second-order valence-electron chi connectivity index (χ2n) is 3.50. The van der Waals surface area contributed by atoms with Gasteiger partial charge in [-0.25, -0.2) is 9.97 Å². The molecule has 0 atom stereocenters. The molecule has 4 N–H and O–H groups in total. The highest BCUT2D eigenvalue weighted by Crippen LogP contribution is 2.21. The van der Waals surface area contributed by atoms with E-state index in [1.54, 1.807) is 0 Å². The minimum atomic E-state index is -0.135. The molecular formula is C9H14ClN5O. The van der Waals surface area contributed by atoms with Crippen molar-refractivity contribution in [3.05, 3.63) is 11.5 Å². The molecule has 88 valence electrons. The van der Waals surface area contributed by atoms with Crippen molar-refractivity contribution in [2.45, 2.75) is 19.9 Å². The van der Waals surface area contributed by atoms with E-state index in [1.165, 1.54) is 6.33 Å². The predicted molar refractivity (Wildman–Crippen MR) is 63.2 cm³/mol. The summed E-state index contributed by atoms with van der Waals surface area (Å²) in [5.74, 6) is 0.225. The summed E-state index contributed by atoms with van der Waals surface area (Å²) < 4.78 is 0. The van der Waals surface area contributed by atoms with Crippen LogP contribution in [0.5, 0.6) is 0 Å². The van der Waals surface area contributed by atoms with Gasteiger partial charge in [-0.2, -0.15) is 0 Å². The van der Waals surface area contributed by atoms with Crippen molar-refractivity contribution >= 4 is 29.0 Å². The van der Waals surface area contributed by atoms with Crippen LogP contribution in [0.2, 0.25) is 5.15 Å². The van der Waals surface area contributed by atoms with E-state index in [0.29, 0.717) is 5.82 Å². The lowest BCUT2D eigenvalue weighted by atomic mass is 10.4. The van der Waals surface area contributed by atoms with E-state index in [0.717, 1.165) is 0 Å². The Morgan fingerprint density at radius 3 is 2.88 bits per heavy atom. The van der Waals surface area contributed by atoms with Crippen molar-refractivity contribution < 1.29 is 4.79 Å². The summed E-state index contributed by atoms with van der Waals surface area (Å²) in [5.41, 5.74) is 5.86. The monoisotopic (exact) mass is 243 g/mol. The van der Waals surface area contributed by atoms with E-state index in [9.17, 15) is 4.79 Å². The smallest absolute Gasteiger partial charge is 0.239 e. The average Bonchev–Trinajstić information content (AvgIpc) is 2.19. The summed E-state index contributed by atoms with van der Waals surface area (Å²) in [7, 11) is 0. The normalized spacial score (nSPS) is 10.2. The number of nitrogens with zero attached hydrogens (tertiary/aromatic N) is 2. The number of halogens is 1. The predicted octanol–water partition coefficient (Wildman–Crippen LogP) is 0.649. The van der Waals surface area contributed by atoms with Gasteiger partial charge in [0.1, 0.15) is 12.0 Å². The van der Waals surface area contributed by atoms with Gasteiger partial charge in [0.05, 0.1) is 6.54 Å². The first kappa shape index (κ1) is 12.5. The van der Waals surface area contributed by atoms with E-state index in [2.05, 4.69) is 20.6 Å². The maximum Gasteiger partial charge on any atom is 0.239 e. The summed E-state index contributed by atoms with van der Waals surface area (Å²) in [4.78, 5) is 18.9. The molecule has 1 aromatic heterocycles. The van der Waals surface area contributed by atoms with Crippen LogP contribution in [0.3, 0.4) is 0 Å². The van der Waals surface area contributed by atoms with Crippen molar-refractivity contribution in [2.75, 3.05) is 17.6 Å². The standard InChI is InChI=1S/C9H14ClN5O/c1-5(2)15-6(16)3-12-9-7(11)8(10)13-4-14-9/h4-5H,3,11H2,1-2H3,(H,15,16)(H,12,13,14). The molecule has 0 aromatic carbocycles. The molecule has 0 aliphatic rings. The number of hydrogen-bond acceptors (Lipinski definition) is 5. The highest BCUT2D eigenvalue weighted by Gasteiger charge is 2.08. The van der Waals surface area contributed by atoms with Gasteiger partial charge in [-0.15, -0.1) is 0 Å². The van der Waals surface area contributed by atoms with Crippen LogP contribution in [0.15, 0.2) is 6.33 Å². The third-order valence-electron chi connectivity index (χ3n) is 1.70. The van der Waals surface area contributed by atoms with Crippen LogP contribution in [-0.2, 0) is 4.79 Å². The molecule has 1 heterocycles. The number of nitrogen functional groups attached to an aromatic ring is 1. The lowest BCUT2D eigenvalue weighted by Gasteiger charge is -2.10. The summed E-state index contributed by atoms with van der Waals surface area (Å²) in [5, 5.41) is 5.68. The van der Waals surface area contributed by atoms with Crippen molar-refractivity contribution in [3.63, 3.8) is 0 Å². The molecule has 7 heteroatoms. The summed E-state index contributed by atoms with van der Waals surface area (Å²) in [6.07, 6.45) is 1.28. The van der Waals surface area contributed by atoms with Gasteiger partial charge < -0.3 is 16.4 Å². The molecular weight excluding hydrogens is 230 g/mol. The SMILES string of the molecule is CC(C)NC(=O)CNc1ncnc(Cl)c1N. The maximum atomic E-state index is 11.3. The third kappa shape index (κ3) is 3.54. The number of hydrogen-bond donors (Lipinski definition) is 3. The minimum absolute atomic E-state index is 0.0930. The molecule has 1 amide bonds. The van der Waals surface area contributed by atoms with E-state index >= 15 is 0 Å². The Morgan fingerprint density at radius 1 is 1.56 bits per heavy atom. The molecule has 0 fully saturated rings. The first-order chi connectivity index (χ1) is 7.50. The number of nitrogens with one attached hydrogen (secondary N) is 2. The fraction of sp³-hybridized carbons (Fsp3) is 0.444. The second-order valence-corrected chi connectivity index (χ2v) is 3.86. The molecule has 0 aliphatic carbocycles. The van der Waals surface area contributed by atoms with Crippen molar-refractivity contribution in [1.29, 1.82) is 0 Å². The van der Waals surface area contributed by atoms with Gasteiger partial charge >= 0.3 is 0 Å². The fourth-order valence-electron chi connectivity index (χ4n) is 1.05. The highest BCUT2D eigenvalue weighted by atomic mass is 35.5. The van der Waals surface area contributed by atoms with Crippen LogP contribution in [0.4, 0.5) is 11.5 Å². The first-order valence-corrected chi connectivity index (χ1v) is 5.17. The molecule has 6 nitrogen and oxygen atoms in total. The molecule has 0 saturated carbocycles. The minimum Gasteiger partial charge on any atom is -0.393 e. The van der Waals surface area contributed by atoms with E-state index in [-0.39, 0.29) is 29.3 Å². The Balaban J connectivity index is 2.55. The summed E-state index contributed by atoms with van der Waals surface area (Å²) in [6.45, 7) is 3.86. The fourth-order valence-corrected chi connectivity index (χ4v) is 1.19. The number of carbonyl (C=O) groups is 1.